The van der Waals surface area contributed by atoms with Gasteiger partial charge in [-0.25, -0.2) is 0 Å². The van der Waals surface area contributed by atoms with Crippen LogP contribution in [0, 0.1) is 19.3 Å². The second-order valence-electron chi connectivity index (χ2n) is 8.14. The Morgan fingerprint density at radius 2 is 2.11 bits per heavy atom. The number of rotatable bonds is 7. The third-order valence-corrected chi connectivity index (χ3v) is 5.84. The molecule has 4 rings (SSSR count). The van der Waals surface area contributed by atoms with E-state index < -0.39 is 0 Å². The molecule has 1 amide bonds. The molecule has 0 radical (unpaired) electrons. The molecular weight excluding hydrogens is 354 g/mol. The highest BCUT2D eigenvalue weighted by Crippen LogP contribution is 2.46. The topological polar surface area (TPSA) is 72.3 Å². The van der Waals surface area contributed by atoms with Crippen molar-refractivity contribution >= 4 is 5.91 Å². The predicted octanol–water partition coefficient (Wildman–Crippen LogP) is 1.86. The lowest BCUT2D eigenvalue weighted by Gasteiger charge is -2.34. The molecule has 0 unspecified atom stereocenters. The lowest BCUT2D eigenvalue weighted by molar-refractivity contribution is -0.128. The highest BCUT2D eigenvalue weighted by Gasteiger charge is 2.44. The highest BCUT2D eigenvalue weighted by atomic mass is 16.5. The summed E-state index contributed by atoms with van der Waals surface area (Å²) in [5, 5.41) is 7.83. The van der Waals surface area contributed by atoms with Crippen molar-refractivity contribution in [1.29, 1.82) is 0 Å². The minimum atomic E-state index is -0.318. The number of pyridine rings is 1. The second-order valence-corrected chi connectivity index (χ2v) is 8.14. The van der Waals surface area contributed by atoms with Gasteiger partial charge in [0.1, 0.15) is 6.04 Å². The van der Waals surface area contributed by atoms with Gasteiger partial charge in [-0.1, -0.05) is 6.07 Å². The Labute approximate surface area is 166 Å². The number of aromatic nitrogens is 3. The number of nitrogens with zero attached hydrogens (tertiary/aromatic N) is 4. The Hall–Kier alpha value is -2.25. The summed E-state index contributed by atoms with van der Waals surface area (Å²) in [6.45, 7) is 8.48. The fraction of sp³-hybridized carbons (Fsp3) is 0.571. The molecule has 1 N–H and O–H groups in total. The first kappa shape index (κ1) is 19.1. The summed E-state index contributed by atoms with van der Waals surface area (Å²) < 4.78 is 7.55. The summed E-state index contributed by atoms with van der Waals surface area (Å²) in [5.41, 5.74) is 3.28. The van der Waals surface area contributed by atoms with Gasteiger partial charge in [0, 0.05) is 49.7 Å². The van der Waals surface area contributed by atoms with Crippen LogP contribution in [0.4, 0.5) is 0 Å². The average molecular weight is 383 g/mol. The second kappa shape index (κ2) is 8.01. The van der Waals surface area contributed by atoms with Gasteiger partial charge < -0.3 is 10.1 Å². The molecule has 7 heteroatoms. The highest BCUT2D eigenvalue weighted by molar-refractivity contribution is 5.83. The standard InChI is InChI=1S/C21H29N5O2/c1-16-12-17(2)26(24-16)15-21(5-6-21)14-23-20(27)19(18-4-3-7-22-13-18)25-8-10-28-11-9-25/h3-4,7,12-13,19H,5-6,8-11,14-15H2,1-2H3,(H,23,27)/t19-/m0/s1. The third kappa shape index (κ3) is 4.25. The third-order valence-electron chi connectivity index (χ3n) is 5.84. The van der Waals surface area contributed by atoms with Gasteiger partial charge in [0.2, 0.25) is 5.91 Å². The van der Waals surface area contributed by atoms with E-state index in [1.807, 2.05) is 19.1 Å². The Morgan fingerprint density at radius 3 is 2.71 bits per heavy atom. The van der Waals surface area contributed by atoms with Crippen LogP contribution < -0.4 is 5.32 Å². The quantitative estimate of drug-likeness (QED) is 0.790. The number of nitrogens with one attached hydrogen (secondary N) is 1. The van der Waals surface area contributed by atoms with Gasteiger partial charge in [0.15, 0.2) is 0 Å². The lowest BCUT2D eigenvalue weighted by atomic mass is 10.0. The van der Waals surface area contributed by atoms with Crippen LogP contribution in [0.3, 0.4) is 0 Å². The molecule has 1 aliphatic carbocycles. The number of aryl methyl sites for hydroxylation is 2. The van der Waals surface area contributed by atoms with E-state index in [-0.39, 0.29) is 17.4 Å². The van der Waals surface area contributed by atoms with Crippen molar-refractivity contribution in [3.8, 4) is 0 Å². The van der Waals surface area contributed by atoms with Crippen LogP contribution >= 0.6 is 0 Å². The number of carbonyl (C=O) groups is 1. The van der Waals surface area contributed by atoms with Crippen LogP contribution in [-0.2, 0) is 16.1 Å². The predicted molar refractivity (Wildman–Crippen MR) is 106 cm³/mol. The molecule has 28 heavy (non-hydrogen) atoms. The van der Waals surface area contributed by atoms with E-state index in [1.54, 1.807) is 12.4 Å². The Kier molecular flexibility index (Phi) is 5.46. The SMILES string of the molecule is Cc1cc(C)n(CC2(CNC(=O)[C@H](c3cccnc3)N3CCOCC3)CC2)n1. The lowest BCUT2D eigenvalue weighted by Crippen LogP contribution is -2.47. The van der Waals surface area contributed by atoms with E-state index in [0.29, 0.717) is 19.8 Å². The number of hydrogen-bond acceptors (Lipinski definition) is 5. The van der Waals surface area contributed by atoms with Crippen LogP contribution in [0.1, 0.15) is 35.8 Å². The van der Waals surface area contributed by atoms with Crippen LogP contribution in [0.5, 0.6) is 0 Å². The van der Waals surface area contributed by atoms with Crippen LogP contribution in [0.2, 0.25) is 0 Å². The summed E-state index contributed by atoms with van der Waals surface area (Å²) >= 11 is 0. The van der Waals surface area contributed by atoms with Gasteiger partial charge in [-0.2, -0.15) is 5.10 Å². The van der Waals surface area contributed by atoms with E-state index in [1.165, 1.54) is 5.69 Å². The van der Waals surface area contributed by atoms with Gasteiger partial charge in [-0.15, -0.1) is 0 Å². The maximum Gasteiger partial charge on any atom is 0.242 e. The molecule has 1 aliphatic heterocycles. The summed E-state index contributed by atoms with van der Waals surface area (Å²) in [7, 11) is 0. The maximum atomic E-state index is 13.2. The Morgan fingerprint density at radius 1 is 1.32 bits per heavy atom. The molecule has 1 saturated heterocycles. The summed E-state index contributed by atoms with van der Waals surface area (Å²) in [4.78, 5) is 19.6. The van der Waals surface area contributed by atoms with Gasteiger partial charge in [-0.3, -0.25) is 19.4 Å². The molecule has 2 fully saturated rings. The van der Waals surface area contributed by atoms with E-state index >= 15 is 0 Å². The van der Waals surface area contributed by atoms with Crippen molar-refractivity contribution in [3.63, 3.8) is 0 Å². The minimum Gasteiger partial charge on any atom is -0.379 e. The van der Waals surface area contributed by atoms with Crippen molar-refractivity contribution < 1.29 is 9.53 Å². The van der Waals surface area contributed by atoms with Gasteiger partial charge in [0.25, 0.3) is 0 Å². The van der Waals surface area contributed by atoms with Crippen molar-refractivity contribution in [2.24, 2.45) is 5.41 Å². The van der Waals surface area contributed by atoms with Crippen molar-refractivity contribution in [1.82, 2.24) is 25.0 Å². The number of amides is 1. The van der Waals surface area contributed by atoms with Crippen molar-refractivity contribution in [3.05, 3.63) is 47.5 Å². The molecule has 1 saturated carbocycles. The first-order valence-corrected chi connectivity index (χ1v) is 10.1. The smallest absolute Gasteiger partial charge is 0.242 e. The van der Waals surface area contributed by atoms with E-state index in [4.69, 9.17) is 4.74 Å². The van der Waals surface area contributed by atoms with Gasteiger partial charge in [0.05, 0.1) is 18.9 Å². The molecule has 7 nitrogen and oxygen atoms in total. The fourth-order valence-corrected chi connectivity index (χ4v) is 3.99. The van der Waals surface area contributed by atoms with Gasteiger partial charge in [-0.05, 0) is 44.4 Å². The zero-order valence-electron chi connectivity index (χ0n) is 16.7. The normalized spacial score (nSPS) is 19.9. The Bertz CT molecular complexity index is 809. The van der Waals surface area contributed by atoms with E-state index in [0.717, 1.165) is 43.7 Å². The average Bonchev–Trinajstić information content (AvgIpc) is 3.40. The molecule has 2 aliphatic rings. The molecule has 3 heterocycles. The molecule has 1 atom stereocenters. The largest absolute Gasteiger partial charge is 0.379 e. The molecule has 0 aromatic carbocycles. The number of carbonyl (C=O) groups excluding carboxylic acids is 1. The molecule has 2 aromatic rings. The summed E-state index contributed by atoms with van der Waals surface area (Å²) in [6, 6.07) is 5.66. The first-order chi connectivity index (χ1) is 13.6. The zero-order valence-corrected chi connectivity index (χ0v) is 16.7. The van der Waals surface area contributed by atoms with Crippen molar-refractivity contribution in [2.45, 2.75) is 39.3 Å². The fourth-order valence-electron chi connectivity index (χ4n) is 3.99. The molecule has 0 spiro atoms. The van der Waals surface area contributed by atoms with E-state index in [9.17, 15) is 4.79 Å². The first-order valence-electron chi connectivity index (χ1n) is 10.1. The number of ether oxygens (including phenoxy) is 1. The number of hydrogen-bond donors (Lipinski definition) is 1. The van der Waals surface area contributed by atoms with Gasteiger partial charge >= 0.3 is 0 Å². The molecule has 2 aromatic heterocycles. The zero-order chi connectivity index (χ0) is 19.6. The number of morpholine rings is 1. The minimum absolute atomic E-state index is 0.0505. The summed E-state index contributed by atoms with van der Waals surface area (Å²) in [6.07, 6.45) is 5.79. The molecule has 0 bridgehead atoms. The summed E-state index contributed by atoms with van der Waals surface area (Å²) in [5.74, 6) is 0.0505. The Balaban J connectivity index is 1.43. The van der Waals surface area contributed by atoms with Crippen molar-refractivity contribution in [2.75, 3.05) is 32.8 Å². The van der Waals surface area contributed by atoms with Crippen LogP contribution in [0.15, 0.2) is 30.6 Å². The monoisotopic (exact) mass is 383 g/mol. The van der Waals surface area contributed by atoms with Crippen LogP contribution in [0.25, 0.3) is 0 Å². The maximum absolute atomic E-state index is 13.2. The molecular formula is C21H29N5O2. The molecule has 150 valence electrons. The van der Waals surface area contributed by atoms with Crippen LogP contribution in [-0.4, -0.2) is 58.4 Å². The van der Waals surface area contributed by atoms with E-state index in [2.05, 4.69) is 38.0 Å².